The van der Waals surface area contributed by atoms with Gasteiger partial charge in [-0.15, -0.1) is 0 Å². The maximum Gasteiger partial charge on any atom is 0.220 e. The standard InChI is InChI=1S/C20H21N3O/c1-14-17(9-11-19(21)23-14)13-22-20(24)12-10-16-7-4-6-15-5-2-3-8-18(15)16/h2-9,11H,10,12-13H2,1H3,(H2,21,23)(H,22,24). The number of nitrogen functional groups attached to an aromatic ring is 1. The van der Waals surface area contributed by atoms with Gasteiger partial charge in [-0.25, -0.2) is 4.98 Å². The molecule has 0 atom stereocenters. The van der Waals surface area contributed by atoms with Gasteiger partial charge in [0, 0.05) is 18.7 Å². The number of amides is 1. The van der Waals surface area contributed by atoms with Crippen LogP contribution in [0.3, 0.4) is 0 Å². The van der Waals surface area contributed by atoms with Gasteiger partial charge in [-0.2, -0.15) is 0 Å². The molecule has 0 aliphatic heterocycles. The molecule has 4 nitrogen and oxygen atoms in total. The third kappa shape index (κ3) is 3.71. The van der Waals surface area contributed by atoms with Crippen molar-refractivity contribution >= 4 is 22.5 Å². The van der Waals surface area contributed by atoms with Gasteiger partial charge in [-0.1, -0.05) is 48.5 Å². The van der Waals surface area contributed by atoms with Gasteiger partial charge in [0.1, 0.15) is 5.82 Å². The van der Waals surface area contributed by atoms with Gasteiger partial charge in [0.2, 0.25) is 5.91 Å². The molecule has 0 unspecified atom stereocenters. The number of fused-ring (bicyclic) bond motifs is 1. The summed E-state index contributed by atoms with van der Waals surface area (Å²) in [5.41, 5.74) is 8.68. The number of benzene rings is 2. The number of anilines is 1. The number of hydrogen-bond acceptors (Lipinski definition) is 3. The number of carbonyl (C=O) groups excluding carboxylic acids is 1. The summed E-state index contributed by atoms with van der Waals surface area (Å²) < 4.78 is 0. The van der Waals surface area contributed by atoms with Crippen LogP contribution in [0.2, 0.25) is 0 Å². The Kier molecular flexibility index (Phi) is 4.75. The molecule has 0 spiro atoms. The zero-order valence-electron chi connectivity index (χ0n) is 13.8. The van der Waals surface area contributed by atoms with Gasteiger partial charge in [0.25, 0.3) is 0 Å². The molecule has 0 fully saturated rings. The fraction of sp³-hybridized carbons (Fsp3) is 0.200. The molecular formula is C20H21N3O. The van der Waals surface area contributed by atoms with Gasteiger partial charge in [-0.05, 0) is 41.3 Å². The topological polar surface area (TPSA) is 68.0 Å². The molecule has 4 heteroatoms. The van der Waals surface area contributed by atoms with Crippen LogP contribution in [0, 0.1) is 6.92 Å². The highest BCUT2D eigenvalue weighted by Gasteiger charge is 2.06. The number of aromatic nitrogens is 1. The maximum absolute atomic E-state index is 12.1. The number of nitrogens with one attached hydrogen (secondary N) is 1. The van der Waals surface area contributed by atoms with E-state index in [2.05, 4.69) is 34.6 Å². The summed E-state index contributed by atoms with van der Waals surface area (Å²) in [4.78, 5) is 16.4. The lowest BCUT2D eigenvalue weighted by molar-refractivity contribution is -0.121. The van der Waals surface area contributed by atoms with Crippen molar-refractivity contribution in [1.29, 1.82) is 0 Å². The van der Waals surface area contributed by atoms with E-state index in [-0.39, 0.29) is 5.91 Å². The number of aryl methyl sites for hydroxylation is 2. The van der Waals surface area contributed by atoms with E-state index in [1.54, 1.807) is 6.07 Å². The van der Waals surface area contributed by atoms with Crippen molar-refractivity contribution in [3.05, 3.63) is 71.4 Å². The first kappa shape index (κ1) is 16.0. The first-order chi connectivity index (χ1) is 11.6. The van der Waals surface area contributed by atoms with E-state index in [0.717, 1.165) is 17.7 Å². The first-order valence-electron chi connectivity index (χ1n) is 8.09. The van der Waals surface area contributed by atoms with Gasteiger partial charge >= 0.3 is 0 Å². The number of rotatable bonds is 5. The van der Waals surface area contributed by atoms with Gasteiger partial charge in [0.15, 0.2) is 0 Å². The summed E-state index contributed by atoms with van der Waals surface area (Å²) >= 11 is 0. The lowest BCUT2D eigenvalue weighted by Crippen LogP contribution is -2.23. The number of hydrogen-bond donors (Lipinski definition) is 2. The number of pyridine rings is 1. The van der Waals surface area contributed by atoms with Crippen molar-refractivity contribution in [1.82, 2.24) is 10.3 Å². The smallest absolute Gasteiger partial charge is 0.220 e. The lowest BCUT2D eigenvalue weighted by atomic mass is 10.0. The molecule has 0 bridgehead atoms. The van der Waals surface area contributed by atoms with E-state index in [0.29, 0.717) is 18.8 Å². The minimum absolute atomic E-state index is 0.0409. The predicted octanol–water partition coefficient (Wildman–Crippen LogP) is 3.37. The molecule has 122 valence electrons. The van der Waals surface area contributed by atoms with Crippen LogP contribution in [0.15, 0.2) is 54.6 Å². The molecular weight excluding hydrogens is 298 g/mol. The largest absolute Gasteiger partial charge is 0.384 e. The van der Waals surface area contributed by atoms with E-state index < -0.39 is 0 Å². The van der Waals surface area contributed by atoms with E-state index >= 15 is 0 Å². The minimum Gasteiger partial charge on any atom is -0.384 e. The first-order valence-corrected chi connectivity index (χ1v) is 8.09. The number of carbonyl (C=O) groups is 1. The van der Waals surface area contributed by atoms with Crippen LogP contribution in [0.1, 0.15) is 23.2 Å². The van der Waals surface area contributed by atoms with Gasteiger partial charge in [0.05, 0.1) is 0 Å². The molecule has 1 heterocycles. The predicted molar refractivity (Wildman–Crippen MR) is 97.5 cm³/mol. The molecule has 2 aromatic carbocycles. The Balaban J connectivity index is 1.59. The molecule has 3 rings (SSSR count). The van der Waals surface area contributed by atoms with Crippen molar-refractivity contribution in [3.8, 4) is 0 Å². The van der Waals surface area contributed by atoms with Crippen LogP contribution >= 0.6 is 0 Å². The molecule has 0 saturated heterocycles. The summed E-state index contributed by atoms with van der Waals surface area (Å²) in [6.45, 7) is 2.38. The second-order valence-electron chi connectivity index (χ2n) is 5.90. The van der Waals surface area contributed by atoms with Crippen molar-refractivity contribution < 1.29 is 4.79 Å². The molecule has 0 aliphatic carbocycles. The van der Waals surface area contributed by atoms with Crippen molar-refractivity contribution in [2.24, 2.45) is 0 Å². The number of nitrogens with zero attached hydrogens (tertiary/aromatic N) is 1. The summed E-state index contributed by atoms with van der Waals surface area (Å²) in [5, 5.41) is 5.38. The summed E-state index contributed by atoms with van der Waals surface area (Å²) in [7, 11) is 0. The normalized spacial score (nSPS) is 10.7. The average Bonchev–Trinajstić information content (AvgIpc) is 2.59. The Morgan fingerprint density at radius 3 is 2.67 bits per heavy atom. The maximum atomic E-state index is 12.1. The quantitative estimate of drug-likeness (QED) is 0.757. The Hall–Kier alpha value is -2.88. The molecule has 0 aliphatic rings. The second kappa shape index (κ2) is 7.13. The zero-order chi connectivity index (χ0) is 16.9. The summed E-state index contributed by atoms with van der Waals surface area (Å²) in [6.07, 6.45) is 1.20. The van der Waals surface area contributed by atoms with E-state index in [9.17, 15) is 4.79 Å². The minimum atomic E-state index is 0.0409. The Bertz CT molecular complexity index is 868. The molecule has 1 amide bonds. The monoisotopic (exact) mass is 319 g/mol. The highest BCUT2D eigenvalue weighted by Crippen LogP contribution is 2.19. The third-order valence-corrected chi connectivity index (χ3v) is 4.19. The second-order valence-corrected chi connectivity index (χ2v) is 5.90. The average molecular weight is 319 g/mol. The van der Waals surface area contributed by atoms with Crippen molar-refractivity contribution in [2.45, 2.75) is 26.3 Å². The van der Waals surface area contributed by atoms with Gasteiger partial charge < -0.3 is 11.1 Å². The van der Waals surface area contributed by atoms with Crippen LogP contribution in [0.5, 0.6) is 0 Å². The Morgan fingerprint density at radius 2 is 1.83 bits per heavy atom. The van der Waals surface area contributed by atoms with Crippen LogP contribution in [0.25, 0.3) is 10.8 Å². The van der Waals surface area contributed by atoms with E-state index in [4.69, 9.17) is 5.73 Å². The summed E-state index contributed by atoms with van der Waals surface area (Å²) in [6, 6.07) is 18.1. The third-order valence-electron chi connectivity index (χ3n) is 4.19. The SMILES string of the molecule is Cc1nc(N)ccc1CNC(=O)CCc1cccc2ccccc12. The Morgan fingerprint density at radius 1 is 1.04 bits per heavy atom. The van der Waals surface area contributed by atoms with Crippen molar-refractivity contribution in [2.75, 3.05) is 5.73 Å². The van der Waals surface area contributed by atoms with E-state index in [1.165, 1.54) is 16.3 Å². The van der Waals surface area contributed by atoms with Crippen LogP contribution in [-0.2, 0) is 17.8 Å². The number of nitrogens with two attached hydrogens (primary N) is 1. The molecule has 0 radical (unpaired) electrons. The highest BCUT2D eigenvalue weighted by atomic mass is 16.1. The molecule has 0 saturated carbocycles. The molecule has 1 aromatic heterocycles. The lowest BCUT2D eigenvalue weighted by Gasteiger charge is -2.09. The Labute approximate surface area is 141 Å². The van der Waals surface area contributed by atoms with Crippen LogP contribution in [0.4, 0.5) is 5.82 Å². The van der Waals surface area contributed by atoms with Gasteiger partial charge in [-0.3, -0.25) is 4.79 Å². The molecule has 3 N–H and O–H groups in total. The zero-order valence-corrected chi connectivity index (χ0v) is 13.8. The fourth-order valence-electron chi connectivity index (χ4n) is 2.84. The van der Waals surface area contributed by atoms with Crippen molar-refractivity contribution in [3.63, 3.8) is 0 Å². The molecule has 3 aromatic rings. The molecule has 24 heavy (non-hydrogen) atoms. The summed E-state index contributed by atoms with van der Waals surface area (Å²) in [5.74, 6) is 0.540. The highest BCUT2D eigenvalue weighted by molar-refractivity contribution is 5.86. The fourth-order valence-corrected chi connectivity index (χ4v) is 2.84. The van der Waals surface area contributed by atoms with E-state index in [1.807, 2.05) is 31.2 Å². The van der Waals surface area contributed by atoms with Crippen LogP contribution < -0.4 is 11.1 Å². The van der Waals surface area contributed by atoms with Crippen LogP contribution in [-0.4, -0.2) is 10.9 Å².